The van der Waals surface area contributed by atoms with E-state index in [-0.39, 0.29) is 17.9 Å². The van der Waals surface area contributed by atoms with Gasteiger partial charge in [0.25, 0.3) is 11.8 Å². The van der Waals surface area contributed by atoms with Gasteiger partial charge in [0.2, 0.25) is 0 Å². The summed E-state index contributed by atoms with van der Waals surface area (Å²) in [7, 11) is 3.03. The molecule has 1 saturated carbocycles. The Morgan fingerprint density at radius 2 is 1.72 bits per heavy atom. The minimum Gasteiger partial charge on any atom is -0.497 e. The number of nitrogens with one attached hydrogen (secondary N) is 2. The first-order chi connectivity index (χ1) is 12.1. The molecule has 3 rings (SSSR count). The van der Waals surface area contributed by atoms with Crippen LogP contribution in [0.3, 0.4) is 0 Å². The Balaban J connectivity index is 1.82. The van der Waals surface area contributed by atoms with Crippen LogP contribution in [-0.4, -0.2) is 32.1 Å². The van der Waals surface area contributed by atoms with E-state index in [1.165, 1.54) is 7.11 Å². The molecular formula is C19H20N2O4. The summed E-state index contributed by atoms with van der Waals surface area (Å²) in [5.41, 5.74) is 1.26. The average molecular weight is 340 g/mol. The van der Waals surface area contributed by atoms with Gasteiger partial charge in [-0.05, 0) is 37.1 Å². The number of carbonyl (C=O) groups excluding carboxylic acids is 2. The van der Waals surface area contributed by atoms with Crippen molar-refractivity contribution in [3.63, 3.8) is 0 Å². The summed E-state index contributed by atoms with van der Waals surface area (Å²) in [6.07, 6.45) is 2.01. The molecule has 2 amide bonds. The van der Waals surface area contributed by atoms with Crippen molar-refractivity contribution in [3.05, 3.63) is 53.6 Å². The van der Waals surface area contributed by atoms with Crippen molar-refractivity contribution < 1.29 is 19.1 Å². The van der Waals surface area contributed by atoms with Crippen molar-refractivity contribution in [2.24, 2.45) is 0 Å². The maximum Gasteiger partial charge on any atom is 0.259 e. The van der Waals surface area contributed by atoms with E-state index in [2.05, 4.69) is 10.6 Å². The van der Waals surface area contributed by atoms with Crippen molar-refractivity contribution >= 4 is 17.5 Å². The minimum atomic E-state index is -0.355. The molecule has 130 valence electrons. The third-order valence-corrected chi connectivity index (χ3v) is 3.99. The summed E-state index contributed by atoms with van der Waals surface area (Å²) in [4.78, 5) is 25.0. The number of amides is 2. The number of rotatable bonds is 6. The van der Waals surface area contributed by atoms with E-state index in [1.54, 1.807) is 49.6 Å². The Morgan fingerprint density at radius 3 is 2.40 bits per heavy atom. The molecule has 1 fully saturated rings. The highest BCUT2D eigenvalue weighted by molar-refractivity contribution is 6.10. The van der Waals surface area contributed by atoms with Crippen LogP contribution in [0.2, 0.25) is 0 Å². The lowest BCUT2D eigenvalue weighted by Gasteiger charge is -2.13. The van der Waals surface area contributed by atoms with Crippen LogP contribution >= 0.6 is 0 Å². The first kappa shape index (κ1) is 16.8. The Bertz CT molecular complexity index is 800. The molecule has 2 aromatic carbocycles. The van der Waals surface area contributed by atoms with Gasteiger partial charge >= 0.3 is 0 Å². The largest absolute Gasteiger partial charge is 0.497 e. The van der Waals surface area contributed by atoms with Gasteiger partial charge in [-0.25, -0.2) is 0 Å². The lowest BCUT2D eigenvalue weighted by atomic mass is 10.1. The zero-order valence-electron chi connectivity index (χ0n) is 14.2. The molecule has 2 N–H and O–H groups in total. The lowest BCUT2D eigenvalue weighted by Crippen LogP contribution is -2.27. The first-order valence-electron chi connectivity index (χ1n) is 8.05. The molecule has 2 aromatic rings. The summed E-state index contributed by atoms with van der Waals surface area (Å²) in [5.74, 6) is 0.459. The maximum absolute atomic E-state index is 12.6. The highest BCUT2D eigenvalue weighted by Crippen LogP contribution is 2.26. The molecule has 1 aliphatic carbocycles. The molecule has 6 nitrogen and oxygen atoms in total. The predicted molar refractivity (Wildman–Crippen MR) is 94.4 cm³/mol. The fourth-order valence-electron chi connectivity index (χ4n) is 2.46. The Labute approximate surface area is 146 Å². The highest BCUT2D eigenvalue weighted by Gasteiger charge is 2.25. The van der Waals surface area contributed by atoms with E-state index in [9.17, 15) is 9.59 Å². The summed E-state index contributed by atoms with van der Waals surface area (Å²) < 4.78 is 10.4. The van der Waals surface area contributed by atoms with Crippen LogP contribution < -0.4 is 20.1 Å². The number of hydrogen-bond acceptors (Lipinski definition) is 4. The van der Waals surface area contributed by atoms with Crippen LogP contribution in [0, 0.1) is 0 Å². The molecule has 0 spiro atoms. The monoisotopic (exact) mass is 340 g/mol. The Hall–Kier alpha value is -3.02. The topological polar surface area (TPSA) is 76.7 Å². The molecule has 0 aromatic heterocycles. The van der Waals surface area contributed by atoms with Crippen LogP contribution in [0.5, 0.6) is 11.5 Å². The van der Waals surface area contributed by atoms with Gasteiger partial charge < -0.3 is 20.1 Å². The van der Waals surface area contributed by atoms with Gasteiger partial charge in [-0.2, -0.15) is 0 Å². The van der Waals surface area contributed by atoms with Crippen LogP contribution in [0.25, 0.3) is 0 Å². The third-order valence-electron chi connectivity index (χ3n) is 3.99. The van der Waals surface area contributed by atoms with Gasteiger partial charge in [0.15, 0.2) is 0 Å². The molecule has 25 heavy (non-hydrogen) atoms. The second kappa shape index (κ2) is 7.25. The number of carbonyl (C=O) groups is 2. The molecular weight excluding hydrogens is 320 g/mol. The standard InChI is InChI=1S/C19H20N2O4/c1-24-13-9-10-15(17(11-13)25-2)19(23)21-16-6-4-3-5-14(16)18(22)20-12-7-8-12/h3-6,9-12H,7-8H2,1-2H3,(H,20,22)(H,21,23). The van der Waals surface area contributed by atoms with E-state index < -0.39 is 0 Å². The minimum absolute atomic E-state index is 0.180. The van der Waals surface area contributed by atoms with E-state index >= 15 is 0 Å². The van der Waals surface area contributed by atoms with Crippen LogP contribution in [-0.2, 0) is 0 Å². The summed E-state index contributed by atoms with van der Waals surface area (Å²) >= 11 is 0. The molecule has 0 aliphatic heterocycles. The Morgan fingerprint density at radius 1 is 0.960 bits per heavy atom. The number of benzene rings is 2. The first-order valence-corrected chi connectivity index (χ1v) is 8.05. The van der Waals surface area contributed by atoms with Gasteiger partial charge in [-0.15, -0.1) is 0 Å². The van der Waals surface area contributed by atoms with E-state index in [1.807, 2.05) is 0 Å². The van der Waals surface area contributed by atoms with Crippen LogP contribution in [0.15, 0.2) is 42.5 Å². The predicted octanol–water partition coefficient (Wildman–Crippen LogP) is 2.85. The number of methoxy groups -OCH3 is 2. The van der Waals surface area contributed by atoms with Crippen LogP contribution in [0.1, 0.15) is 33.6 Å². The quantitative estimate of drug-likeness (QED) is 0.848. The van der Waals surface area contributed by atoms with Gasteiger partial charge in [-0.3, -0.25) is 9.59 Å². The second-order valence-electron chi connectivity index (χ2n) is 5.81. The van der Waals surface area contributed by atoms with E-state index in [0.717, 1.165) is 12.8 Å². The molecule has 1 aliphatic rings. The van der Waals surface area contributed by atoms with Crippen molar-refractivity contribution in [1.29, 1.82) is 0 Å². The van der Waals surface area contributed by atoms with Crippen molar-refractivity contribution in [1.82, 2.24) is 5.32 Å². The van der Waals surface area contributed by atoms with Crippen molar-refractivity contribution in [2.45, 2.75) is 18.9 Å². The van der Waals surface area contributed by atoms with Crippen molar-refractivity contribution in [3.8, 4) is 11.5 Å². The lowest BCUT2D eigenvalue weighted by molar-refractivity contribution is 0.0952. The van der Waals surface area contributed by atoms with E-state index in [0.29, 0.717) is 28.3 Å². The number of hydrogen-bond donors (Lipinski definition) is 2. The van der Waals surface area contributed by atoms with Gasteiger partial charge in [0.1, 0.15) is 11.5 Å². The number of para-hydroxylation sites is 1. The molecule has 0 saturated heterocycles. The summed E-state index contributed by atoms with van der Waals surface area (Å²) in [5, 5.41) is 5.72. The highest BCUT2D eigenvalue weighted by atomic mass is 16.5. The second-order valence-corrected chi connectivity index (χ2v) is 5.81. The molecule has 6 heteroatoms. The van der Waals surface area contributed by atoms with Crippen LogP contribution in [0.4, 0.5) is 5.69 Å². The molecule has 0 atom stereocenters. The molecule has 0 heterocycles. The van der Waals surface area contributed by atoms with E-state index in [4.69, 9.17) is 9.47 Å². The van der Waals surface area contributed by atoms with Crippen molar-refractivity contribution in [2.75, 3.05) is 19.5 Å². The SMILES string of the molecule is COc1ccc(C(=O)Nc2ccccc2C(=O)NC2CC2)c(OC)c1. The summed E-state index contributed by atoms with van der Waals surface area (Å²) in [6, 6.07) is 12.1. The Kier molecular flexibility index (Phi) is 4.88. The fourth-order valence-corrected chi connectivity index (χ4v) is 2.46. The van der Waals surface area contributed by atoms with Gasteiger partial charge in [-0.1, -0.05) is 12.1 Å². The normalized spacial score (nSPS) is 13.0. The number of ether oxygens (including phenoxy) is 2. The molecule has 0 bridgehead atoms. The zero-order valence-corrected chi connectivity index (χ0v) is 14.2. The fraction of sp³-hybridized carbons (Fsp3) is 0.263. The van der Waals surface area contributed by atoms with Gasteiger partial charge in [0, 0.05) is 12.1 Å². The third kappa shape index (κ3) is 3.91. The molecule has 0 radical (unpaired) electrons. The number of anilines is 1. The maximum atomic E-state index is 12.6. The average Bonchev–Trinajstić information content (AvgIpc) is 3.45. The molecule has 0 unspecified atom stereocenters. The summed E-state index contributed by atoms with van der Waals surface area (Å²) in [6.45, 7) is 0. The van der Waals surface area contributed by atoms with Gasteiger partial charge in [0.05, 0.1) is 31.0 Å². The smallest absolute Gasteiger partial charge is 0.259 e. The zero-order chi connectivity index (χ0) is 17.8.